The number of carbonyl (C=O) groups excluding carboxylic acids is 1. The van der Waals surface area contributed by atoms with E-state index in [4.69, 9.17) is 9.47 Å². The number of aryl methyl sites for hydroxylation is 2. The van der Waals surface area contributed by atoms with Crippen LogP contribution in [0.3, 0.4) is 0 Å². The number of nitrogens with one attached hydrogen (secondary N) is 1. The fourth-order valence-electron chi connectivity index (χ4n) is 3.56. The van der Waals surface area contributed by atoms with Gasteiger partial charge in [0.25, 0.3) is 0 Å². The highest BCUT2D eigenvalue weighted by molar-refractivity contribution is 7.16. The zero-order valence-corrected chi connectivity index (χ0v) is 20.0. The highest BCUT2D eigenvalue weighted by Gasteiger charge is 2.14. The van der Waals surface area contributed by atoms with Crippen LogP contribution in [0.25, 0.3) is 10.2 Å². The van der Waals surface area contributed by atoms with E-state index in [1.807, 2.05) is 25.1 Å². The molecule has 1 amide bonds. The summed E-state index contributed by atoms with van der Waals surface area (Å²) in [5, 5.41) is 5.93. The highest BCUT2D eigenvalue weighted by atomic mass is 32.1. The molecule has 168 valence electrons. The molecule has 2 aromatic heterocycles. The number of amides is 1. The van der Waals surface area contributed by atoms with Crippen molar-refractivity contribution in [3.8, 4) is 5.75 Å². The van der Waals surface area contributed by atoms with Gasteiger partial charge in [0, 0.05) is 6.54 Å². The molecule has 3 rings (SSSR count). The molecule has 0 fully saturated rings. The second kappa shape index (κ2) is 11.3. The van der Waals surface area contributed by atoms with Crippen molar-refractivity contribution in [1.29, 1.82) is 0 Å². The van der Waals surface area contributed by atoms with E-state index in [0.717, 1.165) is 46.7 Å². The Kier molecular flexibility index (Phi) is 8.54. The molecule has 1 aromatic carbocycles. The minimum atomic E-state index is -0.439. The summed E-state index contributed by atoms with van der Waals surface area (Å²) in [6.45, 7) is 7.58. The topological polar surface area (TPSA) is 69.6 Å². The molecule has 1 N–H and O–H groups in total. The van der Waals surface area contributed by atoms with Crippen molar-refractivity contribution < 1.29 is 14.3 Å². The van der Waals surface area contributed by atoms with Crippen LogP contribution in [0, 0.1) is 0 Å². The van der Waals surface area contributed by atoms with Crippen LogP contribution < -0.4 is 14.9 Å². The Balaban J connectivity index is 1.54. The molecule has 0 aliphatic rings. The number of carbonyl (C=O) groups is 1. The zero-order valence-electron chi connectivity index (χ0n) is 18.4. The fourth-order valence-corrected chi connectivity index (χ4v) is 5.54. The highest BCUT2D eigenvalue weighted by Crippen LogP contribution is 2.30. The Morgan fingerprint density at radius 1 is 1.16 bits per heavy atom. The van der Waals surface area contributed by atoms with E-state index in [9.17, 15) is 9.59 Å². The van der Waals surface area contributed by atoms with Crippen LogP contribution in [0.5, 0.6) is 5.75 Å². The first kappa shape index (κ1) is 23.3. The molecule has 0 saturated carbocycles. The van der Waals surface area contributed by atoms with Crippen LogP contribution in [0.2, 0.25) is 0 Å². The summed E-state index contributed by atoms with van der Waals surface area (Å²) in [5.41, 5.74) is 3.43. The molecule has 0 bridgehead atoms. The van der Waals surface area contributed by atoms with Crippen molar-refractivity contribution >= 4 is 44.0 Å². The second-order valence-corrected chi connectivity index (χ2v) is 9.14. The Morgan fingerprint density at radius 2 is 1.97 bits per heavy atom. The van der Waals surface area contributed by atoms with Crippen molar-refractivity contribution in [3.05, 3.63) is 44.4 Å². The minimum Gasteiger partial charge on any atom is -0.494 e. The normalized spacial score (nSPS) is 11.1. The summed E-state index contributed by atoms with van der Waals surface area (Å²) < 4.78 is 13.5. The zero-order chi connectivity index (χ0) is 22.2. The Labute approximate surface area is 190 Å². The van der Waals surface area contributed by atoms with Crippen LogP contribution in [0.1, 0.15) is 51.2 Å². The number of thiazole rings is 1. The van der Waals surface area contributed by atoms with Crippen molar-refractivity contribution in [2.75, 3.05) is 18.5 Å². The molecule has 2 heterocycles. The number of thiophene rings is 1. The molecule has 0 saturated heterocycles. The maximum Gasteiger partial charge on any atom is 0.412 e. The largest absolute Gasteiger partial charge is 0.494 e. The van der Waals surface area contributed by atoms with E-state index < -0.39 is 6.09 Å². The molecule has 0 aliphatic heterocycles. The van der Waals surface area contributed by atoms with Gasteiger partial charge in [0.1, 0.15) is 10.8 Å². The molecule has 8 heteroatoms. The number of benzene rings is 1. The molecular weight excluding hydrogens is 432 g/mol. The maximum absolute atomic E-state index is 12.4. The van der Waals surface area contributed by atoms with Crippen LogP contribution in [0.4, 0.5) is 9.80 Å². The minimum absolute atomic E-state index is 0.0145. The number of anilines is 1. The third-order valence-corrected chi connectivity index (χ3v) is 6.85. The van der Waals surface area contributed by atoms with Gasteiger partial charge in [-0.3, -0.25) is 14.7 Å². The van der Waals surface area contributed by atoms with E-state index in [2.05, 4.69) is 24.5 Å². The lowest BCUT2D eigenvalue weighted by Gasteiger charge is -2.09. The average molecular weight is 463 g/mol. The summed E-state index contributed by atoms with van der Waals surface area (Å²) in [6.07, 6.45) is 4.23. The number of aromatic nitrogens is 1. The van der Waals surface area contributed by atoms with Gasteiger partial charge >= 0.3 is 11.0 Å². The van der Waals surface area contributed by atoms with E-state index >= 15 is 0 Å². The van der Waals surface area contributed by atoms with E-state index in [1.54, 1.807) is 15.9 Å². The Morgan fingerprint density at radius 3 is 2.71 bits per heavy atom. The van der Waals surface area contributed by atoms with Gasteiger partial charge in [-0.25, -0.2) is 4.79 Å². The standard InChI is InChI=1S/C23H30N2O4S2/c1-4-8-16-15-30-21(18(16)9-5-2)24-22(26)29-13-7-12-25-19-11-10-17(28-6-3)14-20(19)31-23(25)27/h10-11,14-15H,4-9,12-13H2,1-3H3,(H,24,26). The number of ether oxygens (including phenoxy) is 2. The predicted molar refractivity (Wildman–Crippen MR) is 129 cm³/mol. The number of hydrogen-bond acceptors (Lipinski definition) is 6. The van der Waals surface area contributed by atoms with Crippen molar-refractivity contribution in [1.82, 2.24) is 4.57 Å². The predicted octanol–water partition coefficient (Wildman–Crippen LogP) is 6.07. The quantitative estimate of drug-likeness (QED) is 0.351. The lowest BCUT2D eigenvalue weighted by molar-refractivity contribution is 0.158. The summed E-state index contributed by atoms with van der Waals surface area (Å²) in [5.74, 6) is 0.765. The van der Waals surface area contributed by atoms with Crippen molar-refractivity contribution in [2.45, 2.75) is 59.4 Å². The van der Waals surface area contributed by atoms with Gasteiger partial charge in [-0.15, -0.1) is 11.3 Å². The molecule has 0 spiro atoms. The van der Waals surface area contributed by atoms with E-state index in [0.29, 0.717) is 19.6 Å². The number of fused-ring (bicyclic) bond motifs is 1. The van der Waals surface area contributed by atoms with Gasteiger partial charge in [-0.1, -0.05) is 38.0 Å². The first-order valence-corrected chi connectivity index (χ1v) is 12.6. The summed E-state index contributed by atoms with van der Waals surface area (Å²) in [4.78, 5) is 24.6. The van der Waals surface area contributed by atoms with Gasteiger partial charge in [0.05, 0.1) is 23.4 Å². The molecular formula is C23H30N2O4S2. The molecule has 3 aromatic rings. The summed E-state index contributed by atoms with van der Waals surface area (Å²) >= 11 is 2.77. The van der Waals surface area contributed by atoms with E-state index in [1.165, 1.54) is 22.5 Å². The van der Waals surface area contributed by atoms with Crippen LogP contribution in [0.15, 0.2) is 28.4 Å². The van der Waals surface area contributed by atoms with Crippen LogP contribution >= 0.6 is 22.7 Å². The second-order valence-electron chi connectivity index (χ2n) is 7.27. The van der Waals surface area contributed by atoms with Crippen molar-refractivity contribution in [3.63, 3.8) is 0 Å². The maximum atomic E-state index is 12.4. The van der Waals surface area contributed by atoms with Gasteiger partial charge in [-0.05, 0) is 60.9 Å². The SMILES string of the molecule is CCCc1csc(NC(=O)OCCCn2c(=O)sc3cc(OCC)ccc32)c1CCC. The molecule has 0 unspecified atom stereocenters. The Hall–Kier alpha value is -2.32. The lowest BCUT2D eigenvalue weighted by atomic mass is 10.0. The monoisotopic (exact) mass is 462 g/mol. The lowest BCUT2D eigenvalue weighted by Crippen LogP contribution is -2.18. The number of rotatable bonds is 11. The van der Waals surface area contributed by atoms with Gasteiger partial charge in [0.15, 0.2) is 0 Å². The summed E-state index contributed by atoms with van der Waals surface area (Å²) in [6, 6.07) is 5.68. The number of hydrogen-bond donors (Lipinski definition) is 1. The smallest absolute Gasteiger partial charge is 0.412 e. The third kappa shape index (κ3) is 5.89. The number of nitrogens with zero attached hydrogens (tertiary/aromatic N) is 1. The first-order chi connectivity index (χ1) is 15.1. The van der Waals surface area contributed by atoms with Gasteiger partial charge in [-0.2, -0.15) is 0 Å². The first-order valence-electron chi connectivity index (χ1n) is 10.9. The van der Waals surface area contributed by atoms with Gasteiger partial charge in [0.2, 0.25) is 0 Å². The molecule has 0 aliphatic carbocycles. The summed E-state index contributed by atoms with van der Waals surface area (Å²) in [7, 11) is 0. The molecule has 6 nitrogen and oxygen atoms in total. The average Bonchev–Trinajstić information content (AvgIpc) is 3.26. The van der Waals surface area contributed by atoms with Crippen molar-refractivity contribution in [2.24, 2.45) is 0 Å². The molecule has 0 atom stereocenters. The molecule has 0 radical (unpaired) electrons. The van der Waals surface area contributed by atoms with Crippen LogP contribution in [-0.2, 0) is 24.1 Å². The van der Waals surface area contributed by atoms with Crippen LogP contribution in [-0.4, -0.2) is 23.9 Å². The van der Waals surface area contributed by atoms with Gasteiger partial charge < -0.3 is 9.47 Å². The Bertz CT molecular complexity index is 1070. The molecule has 31 heavy (non-hydrogen) atoms. The fraction of sp³-hybridized carbons (Fsp3) is 0.478. The third-order valence-electron chi connectivity index (χ3n) is 4.93. The van der Waals surface area contributed by atoms with E-state index in [-0.39, 0.29) is 11.5 Å².